The van der Waals surface area contributed by atoms with Crippen LogP contribution in [0.5, 0.6) is 0 Å². The summed E-state index contributed by atoms with van der Waals surface area (Å²) in [5, 5.41) is 12.8. The van der Waals surface area contributed by atoms with E-state index in [2.05, 4.69) is 0 Å². The molecule has 0 radical (unpaired) electrons. The first kappa shape index (κ1) is 28.8. The fraction of sp³-hybridized carbons (Fsp3) is 0.758. The number of fused-ring (bicyclic) bond motifs is 1. The Bertz CT molecular complexity index is 1460. The largest absolute Gasteiger partial charge is 0.458 e. The van der Waals surface area contributed by atoms with E-state index in [1.54, 1.807) is 32.9 Å². The number of cyclic esters (lactones) is 1. The summed E-state index contributed by atoms with van der Waals surface area (Å²) in [5.41, 5.74) is -5.48. The maximum Gasteiger partial charge on any atom is 0.334 e. The summed E-state index contributed by atoms with van der Waals surface area (Å²) in [6, 6.07) is 0. The van der Waals surface area contributed by atoms with E-state index in [9.17, 15) is 24.3 Å². The smallest absolute Gasteiger partial charge is 0.334 e. The first-order chi connectivity index (χ1) is 20.6. The van der Waals surface area contributed by atoms with Crippen LogP contribution in [-0.4, -0.2) is 87.3 Å². The molecular formula is C33H40O11. The molecule has 44 heavy (non-hydrogen) atoms. The molecule has 3 aliphatic carbocycles. The van der Waals surface area contributed by atoms with E-state index < -0.39 is 88.3 Å². The Morgan fingerprint density at radius 2 is 1.86 bits per heavy atom. The second-order valence-electron chi connectivity index (χ2n) is 15.0. The number of ketones is 1. The number of ether oxygens (including phenoxy) is 6. The van der Waals surface area contributed by atoms with Crippen LogP contribution in [-0.2, 0) is 47.6 Å². The van der Waals surface area contributed by atoms with Crippen molar-refractivity contribution in [1.29, 1.82) is 0 Å². The van der Waals surface area contributed by atoms with Crippen molar-refractivity contribution in [2.75, 3.05) is 0 Å². The van der Waals surface area contributed by atoms with Crippen molar-refractivity contribution in [2.45, 2.75) is 132 Å². The van der Waals surface area contributed by atoms with Crippen molar-refractivity contribution in [1.82, 2.24) is 0 Å². The molecule has 4 saturated heterocycles. The van der Waals surface area contributed by atoms with Gasteiger partial charge in [0.15, 0.2) is 11.4 Å². The van der Waals surface area contributed by atoms with Crippen LogP contribution in [0.25, 0.3) is 0 Å². The normalized spacial score (nSPS) is 52.9. The van der Waals surface area contributed by atoms with Gasteiger partial charge in [-0.1, -0.05) is 13.0 Å². The van der Waals surface area contributed by atoms with Crippen LogP contribution in [0.2, 0.25) is 0 Å². The van der Waals surface area contributed by atoms with Gasteiger partial charge in [0.05, 0.1) is 29.6 Å². The molecule has 7 fully saturated rings. The predicted octanol–water partition coefficient (Wildman–Crippen LogP) is 2.26. The third kappa shape index (κ3) is 3.26. The molecule has 0 aromatic heterocycles. The number of rotatable bonds is 3. The topological polar surface area (TPSA) is 147 Å². The Balaban J connectivity index is 1.26. The van der Waals surface area contributed by atoms with Gasteiger partial charge in [-0.3, -0.25) is 9.59 Å². The van der Waals surface area contributed by atoms with Crippen LogP contribution in [0.15, 0.2) is 23.3 Å². The van der Waals surface area contributed by atoms with E-state index in [0.29, 0.717) is 17.6 Å². The van der Waals surface area contributed by atoms with Gasteiger partial charge in [0.25, 0.3) is 0 Å². The van der Waals surface area contributed by atoms with Gasteiger partial charge < -0.3 is 33.5 Å². The maximum atomic E-state index is 14.6. The molecule has 3 spiro atoms. The Morgan fingerprint density at radius 1 is 1.11 bits per heavy atom. The lowest BCUT2D eigenvalue weighted by Gasteiger charge is -2.53. The van der Waals surface area contributed by atoms with Gasteiger partial charge in [-0.15, -0.1) is 0 Å². The highest BCUT2D eigenvalue weighted by Gasteiger charge is 2.92. The Morgan fingerprint density at radius 3 is 2.55 bits per heavy atom. The molecule has 11 heteroatoms. The van der Waals surface area contributed by atoms with Crippen LogP contribution in [0.3, 0.4) is 0 Å². The minimum absolute atomic E-state index is 0.0440. The Hall–Kier alpha value is -2.60. The first-order valence-corrected chi connectivity index (χ1v) is 15.9. The molecule has 11 nitrogen and oxygen atoms in total. The van der Waals surface area contributed by atoms with Gasteiger partial charge in [0.1, 0.15) is 35.6 Å². The van der Waals surface area contributed by atoms with Crippen molar-refractivity contribution in [3.8, 4) is 0 Å². The van der Waals surface area contributed by atoms with Crippen LogP contribution < -0.4 is 0 Å². The highest BCUT2D eigenvalue weighted by atomic mass is 16.7. The van der Waals surface area contributed by atoms with Gasteiger partial charge in [-0.25, -0.2) is 9.59 Å². The molecule has 5 heterocycles. The highest BCUT2D eigenvalue weighted by Crippen LogP contribution is 2.75. The SMILES string of the molecule is C/C=C(/C)C(=O)O[C@@H]1C[C@H]2C(C)(C)O[C@@H]3CC(=O)O[C@@]32C[C@@]2(O)CC(=O)[C@]34O[C@@H]([C@@H]5C=C(C)C(=O)O5)[C@H](C)[C@H]3C[C@@H]3O[C@@]34[C@H]12. The number of carbonyl (C=O) groups is 4. The Kier molecular flexibility index (Phi) is 5.64. The lowest BCUT2D eigenvalue weighted by atomic mass is 9.56. The van der Waals surface area contributed by atoms with E-state index in [1.165, 1.54) is 0 Å². The number of hydrogen-bond donors (Lipinski definition) is 1. The minimum Gasteiger partial charge on any atom is -0.458 e. The third-order valence-electron chi connectivity index (χ3n) is 12.5. The second kappa shape index (κ2) is 8.60. The number of aliphatic hydroxyl groups is 1. The molecule has 13 atom stereocenters. The summed E-state index contributed by atoms with van der Waals surface area (Å²) < 4.78 is 37.9. The van der Waals surface area contributed by atoms with E-state index in [0.717, 1.165) is 0 Å². The van der Waals surface area contributed by atoms with Gasteiger partial charge in [-0.2, -0.15) is 0 Å². The molecule has 8 rings (SSSR count). The molecule has 3 saturated carbocycles. The molecule has 1 N–H and O–H groups in total. The zero-order valence-corrected chi connectivity index (χ0v) is 25.9. The molecule has 0 unspecified atom stereocenters. The zero-order valence-electron chi connectivity index (χ0n) is 25.9. The highest BCUT2D eigenvalue weighted by molar-refractivity contribution is 5.94. The number of hydrogen-bond acceptors (Lipinski definition) is 11. The van der Waals surface area contributed by atoms with Crippen molar-refractivity contribution in [3.63, 3.8) is 0 Å². The van der Waals surface area contributed by atoms with Gasteiger partial charge in [0, 0.05) is 35.8 Å². The number of Topliss-reactive ketones (excluding diaryl/α,β-unsaturated/α-hetero) is 1. The molecule has 0 aromatic rings. The summed E-state index contributed by atoms with van der Waals surface area (Å²) in [6.07, 6.45) is 0.751. The second-order valence-corrected chi connectivity index (χ2v) is 15.0. The average molecular weight is 613 g/mol. The van der Waals surface area contributed by atoms with Crippen LogP contribution in [0.4, 0.5) is 0 Å². The number of allylic oxidation sites excluding steroid dienone is 1. The van der Waals surface area contributed by atoms with Gasteiger partial charge >= 0.3 is 17.9 Å². The third-order valence-corrected chi connectivity index (χ3v) is 12.5. The number of epoxide rings is 1. The van der Waals surface area contributed by atoms with Crippen LogP contribution in [0.1, 0.15) is 73.6 Å². The first-order valence-electron chi connectivity index (χ1n) is 15.9. The summed E-state index contributed by atoms with van der Waals surface area (Å²) in [6.45, 7) is 11.0. The standard InChI is InChI=1S/C33H40O11/c1-7-14(2)27(36)40-19-10-20-29(5,6)41-22-11-24(35)43-31(20,22)13-30(38)12-21(34)32-17(9-23-33(32,42-23)26(19)30)16(4)25(44-32)18-8-15(3)28(37)39-18/h7-8,16-20,22-23,25-26,38H,9-13H2,1-6H3/b14-7-/t16-,17-,18+,19-,20+,22-,23+,25-,26-,30+,31-,32-,33-/m1/s1. The lowest BCUT2D eigenvalue weighted by Crippen LogP contribution is -2.71. The minimum atomic E-state index is -1.75. The zero-order chi connectivity index (χ0) is 31.4. The van der Waals surface area contributed by atoms with E-state index >= 15 is 0 Å². The quantitative estimate of drug-likeness (QED) is 0.217. The monoisotopic (exact) mass is 612 g/mol. The predicted molar refractivity (Wildman–Crippen MR) is 149 cm³/mol. The fourth-order valence-corrected chi connectivity index (χ4v) is 10.7. The Labute approximate surface area is 255 Å². The molecule has 238 valence electrons. The summed E-state index contributed by atoms with van der Waals surface area (Å²) in [4.78, 5) is 53.1. The van der Waals surface area contributed by atoms with Crippen LogP contribution in [0, 0.1) is 23.7 Å². The molecule has 0 aromatic carbocycles. The lowest BCUT2D eigenvalue weighted by molar-refractivity contribution is -0.224. The maximum absolute atomic E-state index is 14.6. The molecule has 0 bridgehead atoms. The summed E-state index contributed by atoms with van der Waals surface area (Å²) in [5.74, 6) is -3.32. The molecule has 5 aliphatic heterocycles. The molecule has 0 amide bonds. The van der Waals surface area contributed by atoms with Crippen molar-refractivity contribution < 1.29 is 52.7 Å². The average Bonchev–Trinajstić information content (AvgIpc) is 3.10. The molecular weight excluding hydrogens is 572 g/mol. The summed E-state index contributed by atoms with van der Waals surface area (Å²) >= 11 is 0. The molecule has 8 aliphatic rings. The van der Waals surface area contributed by atoms with Gasteiger partial charge in [0.2, 0.25) is 0 Å². The van der Waals surface area contributed by atoms with Gasteiger partial charge in [-0.05, 0) is 59.5 Å². The number of esters is 3. The number of carbonyl (C=O) groups excluding carboxylic acids is 4. The van der Waals surface area contributed by atoms with E-state index in [1.807, 2.05) is 20.8 Å². The van der Waals surface area contributed by atoms with Crippen LogP contribution >= 0.6 is 0 Å². The van der Waals surface area contributed by atoms with E-state index in [-0.39, 0.29) is 43.3 Å². The van der Waals surface area contributed by atoms with Crippen molar-refractivity contribution >= 4 is 23.7 Å². The van der Waals surface area contributed by atoms with Crippen molar-refractivity contribution in [3.05, 3.63) is 23.3 Å². The van der Waals surface area contributed by atoms with Crippen molar-refractivity contribution in [2.24, 2.45) is 23.7 Å². The van der Waals surface area contributed by atoms with E-state index in [4.69, 9.17) is 28.4 Å². The fourth-order valence-electron chi connectivity index (χ4n) is 10.7. The summed E-state index contributed by atoms with van der Waals surface area (Å²) in [7, 11) is 0.